The fourth-order valence-electron chi connectivity index (χ4n) is 3.60. The molecule has 0 saturated carbocycles. The Labute approximate surface area is 181 Å². The lowest BCUT2D eigenvalue weighted by atomic mass is 10.1. The molecule has 4 aromatic rings. The Morgan fingerprint density at radius 2 is 1.53 bits per heavy atom. The van der Waals surface area contributed by atoms with Gasteiger partial charge in [0.1, 0.15) is 0 Å². The zero-order chi connectivity index (χ0) is 21.3. The summed E-state index contributed by atoms with van der Waals surface area (Å²) in [7, 11) is 0. The van der Waals surface area contributed by atoms with Crippen LogP contribution in [0.25, 0.3) is 16.9 Å². The van der Waals surface area contributed by atoms with Crippen molar-refractivity contribution in [2.45, 2.75) is 20.8 Å². The molecular weight excluding hydrogens is 392 g/mol. The number of amides is 1. The van der Waals surface area contributed by atoms with E-state index in [2.05, 4.69) is 16.8 Å². The molecule has 1 aromatic heterocycles. The summed E-state index contributed by atoms with van der Waals surface area (Å²) in [5.74, 6) is -0.124. The highest BCUT2D eigenvalue weighted by Crippen LogP contribution is 2.31. The zero-order valence-electron chi connectivity index (χ0n) is 17.2. The lowest BCUT2D eigenvalue weighted by Gasteiger charge is -2.12. The summed E-state index contributed by atoms with van der Waals surface area (Å²) in [6, 6.07) is 25.6. The molecule has 0 spiro atoms. The van der Waals surface area contributed by atoms with Gasteiger partial charge in [0.15, 0.2) is 0 Å². The molecule has 0 aliphatic rings. The van der Waals surface area contributed by atoms with Gasteiger partial charge in [-0.3, -0.25) is 4.79 Å². The first-order valence-corrected chi connectivity index (χ1v) is 10.2. The van der Waals surface area contributed by atoms with E-state index < -0.39 is 0 Å². The quantitative estimate of drug-likeness (QED) is 0.384. The van der Waals surface area contributed by atoms with Gasteiger partial charge < -0.3 is 9.88 Å². The molecule has 0 radical (unpaired) electrons. The normalized spacial score (nSPS) is 10.8. The van der Waals surface area contributed by atoms with Crippen LogP contribution >= 0.6 is 11.6 Å². The first-order chi connectivity index (χ1) is 14.4. The predicted molar refractivity (Wildman–Crippen MR) is 125 cm³/mol. The number of aromatic nitrogens is 1. The van der Waals surface area contributed by atoms with Crippen LogP contribution in [0, 0.1) is 20.8 Å². The molecule has 1 N–H and O–H groups in total. The van der Waals surface area contributed by atoms with Crippen molar-refractivity contribution in [3.05, 3.63) is 106 Å². The van der Waals surface area contributed by atoms with Crippen LogP contribution < -0.4 is 5.32 Å². The van der Waals surface area contributed by atoms with Crippen LogP contribution in [0.15, 0.2) is 78.9 Å². The average Bonchev–Trinajstić information content (AvgIpc) is 3.09. The Bertz CT molecular complexity index is 1210. The second-order valence-electron chi connectivity index (χ2n) is 7.46. The van der Waals surface area contributed by atoms with Crippen LogP contribution in [-0.2, 0) is 0 Å². The van der Waals surface area contributed by atoms with Crippen molar-refractivity contribution in [3.8, 4) is 16.9 Å². The number of halogens is 1. The Morgan fingerprint density at radius 1 is 0.833 bits per heavy atom. The van der Waals surface area contributed by atoms with Crippen LogP contribution in [-0.4, -0.2) is 10.5 Å². The van der Waals surface area contributed by atoms with Crippen molar-refractivity contribution in [2.75, 3.05) is 5.32 Å². The van der Waals surface area contributed by atoms with E-state index in [-0.39, 0.29) is 5.91 Å². The van der Waals surface area contributed by atoms with Crippen molar-refractivity contribution >= 4 is 23.2 Å². The number of anilines is 1. The molecule has 0 bridgehead atoms. The minimum absolute atomic E-state index is 0.124. The maximum absolute atomic E-state index is 13.2. The maximum atomic E-state index is 13.2. The van der Waals surface area contributed by atoms with E-state index in [1.807, 2.05) is 92.7 Å². The number of benzene rings is 3. The zero-order valence-corrected chi connectivity index (χ0v) is 18.0. The molecule has 0 aliphatic carbocycles. The van der Waals surface area contributed by atoms with Crippen LogP contribution in [0.3, 0.4) is 0 Å². The van der Waals surface area contributed by atoms with Crippen LogP contribution in [0.2, 0.25) is 5.02 Å². The molecule has 1 heterocycles. The van der Waals surface area contributed by atoms with Crippen LogP contribution in [0.4, 0.5) is 5.69 Å². The number of carbonyl (C=O) groups excluding carboxylic acids is 1. The van der Waals surface area contributed by atoms with Gasteiger partial charge in [-0.1, -0.05) is 48.0 Å². The Kier molecular flexibility index (Phi) is 5.47. The molecule has 3 nitrogen and oxygen atoms in total. The first kappa shape index (κ1) is 20.0. The average molecular weight is 415 g/mol. The molecule has 0 unspecified atom stereocenters. The van der Waals surface area contributed by atoms with E-state index in [0.717, 1.165) is 33.9 Å². The van der Waals surface area contributed by atoms with E-state index in [1.165, 1.54) is 5.56 Å². The van der Waals surface area contributed by atoms with Gasteiger partial charge in [-0.05, 0) is 79.9 Å². The summed E-state index contributed by atoms with van der Waals surface area (Å²) in [6.07, 6.45) is 0. The first-order valence-electron chi connectivity index (χ1n) is 9.86. The minimum atomic E-state index is -0.124. The lowest BCUT2D eigenvalue weighted by Crippen LogP contribution is -2.13. The molecular formula is C26H23ClN2O. The smallest absolute Gasteiger partial charge is 0.257 e. The van der Waals surface area contributed by atoms with Gasteiger partial charge in [0.05, 0.1) is 11.3 Å². The fraction of sp³-hybridized carbons (Fsp3) is 0.115. The second kappa shape index (κ2) is 8.21. The number of rotatable bonds is 4. The van der Waals surface area contributed by atoms with Gasteiger partial charge in [-0.2, -0.15) is 0 Å². The number of nitrogens with zero attached hydrogens (tertiary/aromatic N) is 1. The third-order valence-electron chi connectivity index (χ3n) is 5.41. The molecule has 0 atom stereocenters. The van der Waals surface area contributed by atoms with Gasteiger partial charge >= 0.3 is 0 Å². The fourth-order valence-corrected chi connectivity index (χ4v) is 3.72. The van der Waals surface area contributed by atoms with E-state index in [1.54, 1.807) is 0 Å². The monoisotopic (exact) mass is 414 g/mol. The Morgan fingerprint density at radius 3 is 2.20 bits per heavy atom. The largest absolute Gasteiger partial charge is 0.322 e. The highest BCUT2D eigenvalue weighted by atomic mass is 35.5. The molecule has 0 fully saturated rings. The predicted octanol–water partition coefficient (Wildman–Crippen LogP) is 6.98. The third-order valence-corrected chi connectivity index (χ3v) is 5.66. The van der Waals surface area contributed by atoms with Gasteiger partial charge in [0.2, 0.25) is 0 Å². The molecule has 0 aliphatic heterocycles. The molecule has 1 amide bonds. The highest BCUT2D eigenvalue weighted by molar-refractivity contribution is 6.30. The number of hydrogen-bond donors (Lipinski definition) is 1. The highest BCUT2D eigenvalue weighted by Gasteiger charge is 2.20. The van der Waals surface area contributed by atoms with E-state index in [4.69, 9.17) is 11.6 Å². The minimum Gasteiger partial charge on any atom is -0.322 e. The van der Waals surface area contributed by atoms with Crippen molar-refractivity contribution < 1.29 is 4.79 Å². The number of nitrogens with one attached hydrogen (secondary N) is 1. The maximum Gasteiger partial charge on any atom is 0.257 e. The molecule has 0 saturated heterocycles. The number of carbonyl (C=O) groups is 1. The molecule has 4 rings (SSSR count). The Hall–Kier alpha value is -3.30. The summed E-state index contributed by atoms with van der Waals surface area (Å²) >= 11 is 6.09. The summed E-state index contributed by atoms with van der Waals surface area (Å²) in [6.45, 7) is 6.08. The molecule has 30 heavy (non-hydrogen) atoms. The van der Waals surface area contributed by atoms with Gasteiger partial charge in [0.25, 0.3) is 5.91 Å². The van der Waals surface area contributed by atoms with E-state index >= 15 is 0 Å². The topological polar surface area (TPSA) is 34.0 Å². The number of para-hydroxylation sites is 1. The summed E-state index contributed by atoms with van der Waals surface area (Å²) < 4.78 is 2.11. The van der Waals surface area contributed by atoms with Crippen molar-refractivity contribution in [1.29, 1.82) is 0 Å². The Balaban J connectivity index is 1.79. The molecule has 3 aromatic carbocycles. The summed E-state index contributed by atoms with van der Waals surface area (Å²) in [4.78, 5) is 13.2. The summed E-state index contributed by atoms with van der Waals surface area (Å²) in [5.41, 5.74) is 7.61. The standard InChI is InChI=1S/C26H23ClN2O/c1-17-9-14-22(15-18(17)2)28-26(30)24-16-25(20-10-12-21(27)13-11-20)29(19(24)3)23-7-5-4-6-8-23/h4-16H,1-3H3,(H,28,30). The van der Waals surface area contributed by atoms with Crippen molar-refractivity contribution in [3.63, 3.8) is 0 Å². The number of hydrogen-bond acceptors (Lipinski definition) is 1. The van der Waals surface area contributed by atoms with Gasteiger partial charge in [0, 0.05) is 22.1 Å². The number of aryl methyl sites for hydroxylation is 2. The van der Waals surface area contributed by atoms with Crippen LogP contribution in [0.1, 0.15) is 27.2 Å². The molecule has 150 valence electrons. The van der Waals surface area contributed by atoms with Crippen molar-refractivity contribution in [2.24, 2.45) is 0 Å². The SMILES string of the molecule is Cc1ccc(NC(=O)c2cc(-c3ccc(Cl)cc3)n(-c3ccccc3)c2C)cc1C. The van der Waals surface area contributed by atoms with E-state index in [9.17, 15) is 4.79 Å². The third kappa shape index (κ3) is 3.89. The van der Waals surface area contributed by atoms with E-state index in [0.29, 0.717) is 10.6 Å². The second-order valence-corrected chi connectivity index (χ2v) is 7.90. The lowest BCUT2D eigenvalue weighted by molar-refractivity contribution is 0.102. The van der Waals surface area contributed by atoms with Gasteiger partial charge in [-0.25, -0.2) is 0 Å². The summed E-state index contributed by atoms with van der Waals surface area (Å²) in [5, 5.41) is 3.73. The van der Waals surface area contributed by atoms with Gasteiger partial charge in [-0.15, -0.1) is 0 Å². The van der Waals surface area contributed by atoms with Crippen LogP contribution in [0.5, 0.6) is 0 Å². The van der Waals surface area contributed by atoms with Crippen molar-refractivity contribution in [1.82, 2.24) is 4.57 Å². The molecule has 4 heteroatoms.